The Bertz CT molecular complexity index is 338. The molecule has 1 aromatic rings. The molecule has 0 unspecified atom stereocenters. The summed E-state index contributed by atoms with van der Waals surface area (Å²) in [6.07, 6.45) is 0. The summed E-state index contributed by atoms with van der Waals surface area (Å²) in [7, 11) is 0. The van der Waals surface area contributed by atoms with E-state index in [0.29, 0.717) is 5.75 Å². The number of hydrogen-bond acceptors (Lipinski definition) is 3. The van der Waals surface area contributed by atoms with Gasteiger partial charge in [0.15, 0.2) is 0 Å². The lowest BCUT2D eigenvalue weighted by Gasteiger charge is -2.23. The molecule has 0 atom stereocenters. The van der Waals surface area contributed by atoms with Crippen molar-refractivity contribution in [1.82, 2.24) is 5.32 Å². The second kappa shape index (κ2) is 5.92. The van der Waals surface area contributed by atoms with E-state index in [0.717, 1.165) is 4.90 Å². The van der Waals surface area contributed by atoms with Crippen LogP contribution in [0.1, 0.15) is 13.8 Å². The highest BCUT2D eigenvalue weighted by Gasteiger charge is 2.18. The summed E-state index contributed by atoms with van der Waals surface area (Å²) in [5.74, 6) is 0.306. The van der Waals surface area contributed by atoms with Crippen LogP contribution in [0.3, 0.4) is 0 Å². The van der Waals surface area contributed by atoms with Crippen LogP contribution in [0.4, 0.5) is 0 Å². The molecule has 0 aliphatic carbocycles. The van der Waals surface area contributed by atoms with Gasteiger partial charge < -0.3 is 10.4 Å². The second-order valence-electron chi connectivity index (χ2n) is 4.19. The number of thioether (sulfide) groups is 1. The summed E-state index contributed by atoms with van der Waals surface area (Å²) in [5, 5.41) is 11.8. The minimum atomic E-state index is -0.547. The van der Waals surface area contributed by atoms with Gasteiger partial charge in [0, 0.05) is 4.90 Å². The second-order valence-corrected chi connectivity index (χ2v) is 5.24. The fourth-order valence-electron chi connectivity index (χ4n) is 1.12. The van der Waals surface area contributed by atoms with Crippen molar-refractivity contribution < 1.29 is 9.90 Å². The largest absolute Gasteiger partial charge is 0.394 e. The smallest absolute Gasteiger partial charge is 0.230 e. The highest BCUT2D eigenvalue weighted by molar-refractivity contribution is 8.00. The lowest BCUT2D eigenvalue weighted by Crippen LogP contribution is -2.47. The molecule has 0 saturated carbocycles. The molecule has 0 aromatic heterocycles. The van der Waals surface area contributed by atoms with Crippen LogP contribution < -0.4 is 5.32 Å². The summed E-state index contributed by atoms with van der Waals surface area (Å²) in [6, 6.07) is 9.76. The molecule has 2 N–H and O–H groups in total. The Labute approximate surface area is 100 Å². The number of rotatable bonds is 5. The predicted octanol–water partition coefficient (Wildman–Crippen LogP) is 1.67. The van der Waals surface area contributed by atoms with E-state index >= 15 is 0 Å². The monoisotopic (exact) mass is 239 g/mol. The quantitative estimate of drug-likeness (QED) is 0.768. The lowest BCUT2D eigenvalue weighted by atomic mass is 10.1. The number of hydrogen-bond donors (Lipinski definition) is 2. The van der Waals surface area contributed by atoms with E-state index in [1.165, 1.54) is 11.8 Å². The van der Waals surface area contributed by atoms with Crippen molar-refractivity contribution in [3.05, 3.63) is 30.3 Å². The van der Waals surface area contributed by atoms with Crippen molar-refractivity contribution in [2.45, 2.75) is 24.3 Å². The van der Waals surface area contributed by atoms with Crippen LogP contribution >= 0.6 is 11.8 Å². The normalized spacial score (nSPS) is 11.2. The van der Waals surface area contributed by atoms with Gasteiger partial charge in [-0.05, 0) is 26.0 Å². The molecule has 1 amide bonds. The standard InChI is InChI=1S/C12H17NO2S/c1-12(2,9-14)13-11(15)8-16-10-6-4-3-5-7-10/h3-7,14H,8-9H2,1-2H3,(H,13,15). The molecule has 0 aliphatic heterocycles. The third kappa shape index (κ3) is 4.68. The van der Waals surface area contributed by atoms with Crippen LogP contribution in [-0.4, -0.2) is 28.9 Å². The zero-order chi connectivity index (χ0) is 12.0. The van der Waals surface area contributed by atoms with E-state index in [-0.39, 0.29) is 12.5 Å². The van der Waals surface area contributed by atoms with Crippen LogP contribution in [-0.2, 0) is 4.79 Å². The Kier molecular flexibility index (Phi) is 4.83. The average Bonchev–Trinajstić information content (AvgIpc) is 2.27. The molecule has 16 heavy (non-hydrogen) atoms. The first-order chi connectivity index (χ1) is 7.53. The third-order valence-electron chi connectivity index (χ3n) is 1.99. The Hall–Kier alpha value is -1.00. The van der Waals surface area contributed by atoms with Crippen molar-refractivity contribution in [2.24, 2.45) is 0 Å². The van der Waals surface area contributed by atoms with Crippen LogP contribution in [0.2, 0.25) is 0 Å². The van der Waals surface area contributed by atoms with Gasteiger partial charge in [0.1, 0.15) is 0 Å². The lowest BCUT2D eigenvalue weighted by molar-refractivity contribution is -0.120. The number of amides is 1. The maximum Gasteiger partial charge on any atom is 0.230 e. The van der Waals surface area contributed by atoms with E-state index in [4.69, 9.17) is 5.11 Å². The molecule has 0 bridgehead atoms. The summed E-state index contributed by atoms with van der Waals surface area (Å²) >= 11 is 1.49. The number of carbonyl (C=O) groups is 1. The van der Waals surface area contributed by atoms with Crippen LogP contribution in [0.5, 0.6) is 0 Å². The first kappa shape index (κ1) is 13.1. The summed E-state index contributed by atoms with van der Waals surface area (Å²) in [6.45, 7) is 3.52. The van der Waals surface area contributed by atoms with E-state index in [9.17, 15) is 4.79 Å². The Morgan fingerprint density at radius 3 is 2.56 bits per heavy atom. The summed E-state index contributed by atoms with van der Waals surface area (Å²) in [4.78, 5) is 12.6. The topological polar surface area (TPSA) is 49.3 Å². The van der Waals surface area contributed by atoms with Crippen molar-refractivity contribution in [3.63, 3.8) is 0 Å². The van der Waals surface area contributed by atoms with Crippen molar-refractivity contribution in [2.75, 3.05) is 12.4 Å². The van der Waals surface area contributed by atoms with Gasteiger partial charge in [-0.25, -0.2) is 0 Å². The number of aliphatic hydroxyl groups excluding tert-OH is 1. The zero-order valence-corrected chi connectivity index (χ0v) is 10.4. The molecule has 1 aromatic carbocycles. The van der Waals surface area contributed by atoms with Gasteiger partial charge >= 0.3 is 0 Å². The molecule has 3 nitrogen and oxygen atoms in total. The van der Waals surface area contributed by atoms with Gasteiger partial charge in [0.2, 0.25) is 5.91 Å². The zero-order valence-electron chi connectivity index (χ0n) is 9.56. The number of nitrogens with one attached hydrogen (secondary N) is 1. The van der Waals surface area contributed by atoms with E-state index in [1.807, 2.05) is 30.3 Å². The summed E-state index contributed by atoms with van der Waals surface area (Å²) < 4.78 is 0. The van der Waals surface area contributed by atoms with Gasteiger partial charge in [-0.3, -0.25) is 4.79 Å². The van der Waals surface area contributed by atoms with Gasteiger partial charge in [-0.1, -0.05) is 18.2 Å². The van der Waals surface area contributed by atoms with Crippen LogP contribution in [0.15, 0.2) is 35.2 Å². The van der Waals surface area contributed by atoms with Gasteiger partial charge in [-0.2, -0.15) is 0 Å². The summed E-state index contributed by atoms with van der Waals surface area (Å²) in [5.41, 5.74) is -0.547. The molecule has 0 heterocycles. The number of benzene rings is 1. The maximum atomic E-state index is 11.5. The highest BCUT2D eigenvalue weighted by Crippen LogP contribution is 2.16. The molecule has 1 rings (SSSR count). The van der Waals surface area contributed by atoms with Crippen molar-refractivity contribution >= 4 is 17.7 Å². The Morgan fingerprint density at radius 1 is 1.38 bits per heavy atom. The molecule has 4 heteroatoms. The SMILES string of the molecule is CC(C)(CO)NC(=O)CSc1ccccc1. The first-order valence-corrected chi connectivity index (χ1v) is 6.12. The van der Waals surface area contributed by atoms with Gasteiger partial charge in [0.05, 0.1) is 17.9 Å². The average molecular weight is 239 g/mol. The van der Waals surface area contributed by atoms with E-state index in [1.54, 1.807) is 13.8 Å². The van der Waals surface area contributed by atoms with E-state index in [2.05, 4.69) is 5.32 Å². The third-order valence-corrected chi connectivity index (χ3v) is 3.00. The van der Waals surface area contributed by atoms with Crippen molar-refractivity contribution in [3.8, 4) is 0 Å². The molecule has 0 saturated heterocycles. The first-order valence-electron chi connectivity index (χ1n) is 5.13. The molecule has 0 aliphatic rings. The van der Waals surface area contributed by atoms with E-state index < -0.39 is 5.54 Å². The van der Waals surface area contributed by atoms with Crippen molar-refractivity contribution in [1.29, 1.82) is 0 Å². The molecule has 88 valence electrons. The van der Waals surface area contributed by atoms with Crippen LogP contribution in [0.25, 0.3) is 0 Å². The minimum Gasteiger partial charge on any atom is -0.394 e. The number of aliphatic hydroxyl groups is 1. The minimum absolute atomic E-state index is 0.0608. The maximum absolute atomic E-state index is 11.5. The fraction of sp³-hybridized carbons (Fsp3) is 0.417. The molecule has 0 spiro atoms. The Morgan fingerprint density at radius 2 is 2.00 bits per heavy atom. The van der Waals surface area contributed by atoms with Crippen LogP contribution in [0, 0.1) is 0 Å². The van der Waals surface area contributed by atoms with Gasteiger partial charge in [0.25, 0.3) is 0 Å². The molecular weight excluding hydrogens is 222 g/mol. The molecule has 0 fully saturated rings. The predicted molar refractivity (Wildman–Crippen MR) is 66.5 cm³/mol. The molecule has 0 radical (unpaired) electrons. The molecular formula is C12H17NO2S. The fourth-order valence-corrected chi connectivity index (χ4v) is 1.84. The Balaban J connectivity index is 2.36. The van der Waals surface area contributed by atoms with Gasteiger partial charge in [-0.15, -0.1) is 11.8 Å². The highest BCUT2D eigenvalue weighted by atomic mass is 32.2. The number of carbonyl (C=O) groups excluding carboxylic acids is 1.